The average molecular weight is 255 g/mol. The van der Waals surface area contributed by atoms with Crippen LogP contribution in [0, 0.1) is 0 Å². The number of benzene rings is 1. The number of rotatable bonds is 5. The zero-order chi connectivity index (χ0) is 13.7. The van der Waals surface area contributed by atoms with E-state index in [1.807, 2.05) is 0 Å². The number of hydrogen-bond donors (Lipinski definition) is 4. The quantitative estimate of drug-likeness (QED) is 0.567. The van der Waals surface area contributed by atoms with E-state index >= 15 is 0 Å². The molecule has 0 saturated carbocycles. The number of carboxylic acids is 1. The molecular formula is C11H13NO6. The number of ether oxygens (including phenoxy) is 1. The first kappa shape index (κ1) is 13.8. The molecule has 0 saturated heterocycles. The summed E-state index contributed by atoms with van der Waals surface area (Å²) in [6.45, 7) is -0.454. The van der Waals surface area contributed by atoms with E-state index in [9.17, 15) is 14.7 Å². The molecule has 0 fully saturated rings. The number of carbonyl (C=O) groups is 2. The molecule has 0 heterocycles. The Morgan fingerprint density at radius 1 is 1.44 bits per heavy atom. The molecule has 7 heteroatoms. The summed E-state index contributed by atoms with van der Waals surface area (Å²) in [5.74, 6) is -2.04. The largest absolute Gasteiger partial charge is 0.507 e. The standard InChI is InChI=1S/C11H13NO6/c1-18-6-2-3-8(13)7(4-6)10(15)12-5-9(14)11(16)17/h2-4,9,13-14H,5H2,1H3,(H,12,15)(H,16,17). The second kappa shape index (κ2) is 5.87. The van der Waals surface area contributed by atoms with Crippen LogP contribution < -0.4 is 10.1 Å². The second-order valence-electron chi connectivity index (χ2n) is 3.45. The van der Waals surface area contributed by atoms with Gasteiger partial charge in [0.15, 0.2) is 6.10 Å². The van der Waals surface area contributed by atoms with Gasteiger partial charge in [0.25, 0.3) is 5.91 Å². The van der Waals surface area contributed by atoms with Crippen molar-refractivity contribution in [3.8, 4) is 11.5 Å². The minimum Gasteiger partial charge on any atom is -0.507 e. The maximum Gasteiger partial charge on any atom is 0.334 e. The number of aliphatic hydroxyl groups is 1. The van der Waals surface area contributed by atoms with Crippen molar-refractivity contribution in [2.24, 2.45) is 0 Å². The first-order valence-corrected chi connectivity index (χ1v) is 5.01. The average Bonchev–Trinajstić information content (AvgIpc) is 2.35. The normalized spacial score (nSPS) is 11.7. The van der Waals surface area contributed by atoms with Crippen LogP contribution in [0.1, 0.15) is 10.4 Å². The fourth-order valence-electron chi connectivity index (χ4n) is 1.20. The van der Waals surface area contributed by atoms with E-state index in [2.05, 4.69) is 5.32 Å². The fourth-order valence-corrected chi connectivity index (χ4v) is 1.20. The lowest BCUT2D eigenvalue weighted by atomic mass is 10.1. The molecule has 1 unspecified atom stereocenters. The molecule has 0 bridgehead atoms. The highest BCUT2D eigenvalue weighted by molar-refractivity contribution is 5.97. The van der Waals surface area contributed by atoms with Gasteiger partial charge in [0.2, 0.25) is 0 Å². The molecule has 4 N–H and O–H groups in total. The molecule has 98 valence electrons. The lowest BCUT2D eigenvalue weighted by Crippen LogP contribution is -2.36. The zero-order valence-electron chi connectivity index (χ0n) is 9.58. The van der Waals surface area contributed by atoms with Crippen molar-refractivity contribution in [2.45, 2.75) is 6.10 Å². The van der Waals surface area contributed by atoms with Crippen LogP contribution in [0.15, 0.2) is 18.2 Å². The monoisotopic (exact) mass is 255 g/mol. The minimum absolute atomic E-state index is 0.0630. The molecule has 0 spiro atoms. The highest BCUT2D eigenvalue weighted by atomic mass is 16.5. The topological polar surface area (TPSA) is 116 Å². The number of nitrogens with one attached hydrogen (secondary N) is 1. The summed E-state index contributed by atoms with van der Waals surface area (Å²) in [6.07, 6.45) is -1.69. The summed E-state index contributed by atoms with van der Waals surface area (Å²) in [5.41, 5.74) is -0.0630. The van der Waals surface area contributed by atoms with Crippen molar-refractivity contribution in [1.82, 2.24) is 5.32 Å². The number of phenolic OH excluding ortho intramolecular Hbond substituents is 1. The molecule has 7 nitrogen and oxygen atoms in total. The number of amides is 1. The van der Waals surface area contributed by atoms with Gasteiger partial charge in [-0.1, -0.05) is 0 Å². The highest BCUT2D eigenvalue weighted by Gasteiger charge is 2.17. The third-order valence-corrected chi connectivity index (χ3v) is 2.19. The van der Waals surface area contributed by atoms with E-state index in [-0.39, 0.29) is 11.3 Å². The van der Waals surface area contributed by atoms with Gasteiger partial charge in [-0.15, -0.1) is 0 Å². The van der Waals surface area contributed by atoms with Crippen molar-refractivity contribution < 1.29 is 29.6 Å². The van der Waals surface area contributed by atoms with Crippen LogP contribution in [0.3, 0.4) is 0 Å². The fraction of sp³-hybridized carbons (Fsp3) is 0.273. The lowest BCUT2D eigenvalue weighted by Gasteiger charge is -2.09. The van der Waals surface area contributed by atoms with E-state index in [1.54, 1.807) is 0 Å². The van der Waals surface area contributed by atoms with Crippen LogP contribution in [-0.4, -0.2) is 47.0 Å². The molecule has 0 aliphatic heterocycles. The first-order chi connectivity index (χ1) is 8.45. The molecular weight excluding hydrogens is 242 g/mol. The summed E-state index contributed by atoms with van der Waals surface area (Å²) in [5, 5.41) is 29.1. The van der Waals surface area contributed by atoms with Crippen LogP contribution in [0.25, 0.3) is 0 Å². The van der Waals surface area contributed by atoms with Crippen molar-refractivity contribution in [2.75, 3.05) is 13.7 Å². The Kier molecular flexibility index (Phi) is 4.50. The van der Waals surface area contributed by atoms with Gasteiger partial charge in [-0.3, -0.25) is 4.79 Å². The summed E-state index contributed by atoms with van der Waals surface area (Å²) in [7, 11) is 1.41. The molecule has 1 atom stereocenters. The van der Waals surface area contributed by atoms with E-state index in [1.165, 1.54) is 25.3 Å². The Morgan fingerprint density at radius 2 is 2.11 bits per heavy atom. The Morgan fingerprint density at radius 3 is 2.67 bits per heavy atom. The van der Waals surface area contributed by atoms with Crippen molar-refractivity contribution >= 4 is 11.9 Å². The van der Waals surface area contributed by atoms with E-state index < -0.39 is 24.5 Å². The molecule has 0 aromatic heterocycles. The van der Waals surface area contributed by atoms with Crippen LogP contribution in [0.2, 0.25) is 0 Å². The zero-order valence-corrected chi connectivity index (χ0v) is 9.58. The number of aromatic hydroxyl groups is 1. The van der Waals surface area contributed by atoms with E-state index in [0.717, 1.165) is 0 Å². The van der Waals surface area contributed by atoms with Gasteiger partial charge < -0.3 is 25.4 Å². The van der Waals surface area contributed by atoms with Gasteiger partial charge in [-0.05, 0) is 18.2 Å². The highest BCUT2D eigenvalue weighted by Crippen LogP contribution is 2.22. The smallest absolute Gasteiger partial charge is 0.334 e. The lowest BCUT2D eigenvalue weighted by molar-refractivity contribution is -0.146. The second-order valence-corrected chi connectivity index (χ2v) is 3.45. The molecule has 1 aromatic rings. The minimum atomic E-state index is -1.69. The Balaban J connectivity index is 2.75. The van der Waals surface area contributed by atoms with E-state index in [4.69, 9.17) is 14.9 Å². The Labute approximate surface area is 103 Å². The van der Waals surface area contributed by atoms with Crippen LogP contribution in [0.5, 0.6) is 11.5 Å². The first-order valence-electron chi connectivity index (χ1n) is 5.01. The van der Waals surface area contributed by atoms with Gasteiger partial charge in [0.1, 0.15) is 11.5 Å². The SMILES string of the molecule is COc1ccc(O)c(C(=O)NCC(O)C(=O)O)c1. The van der Waals surface area contributed by atoms with Crippen molar-refractivity contribution in [3.05, 3.63) is 23.8 Å². The maximum absolute atomic E-state index is 11.6. The third-order valence-electron chi connectivity index (χ3n) is 2.19. The van der Waals surface area contributed by atoms with Crippen molar-refractivity contribution in [3.63, 3.8) is 0 Å². The van der Waals surface area contributed by atoms with Gasteiger partial charge >= 0.3 is 5.97 Å². The summed E-state index contributed by atoms with van der Waals surface area (Å²) in [6, 6.07) is 4.05. The molecule has 0 aliphatic rings. The van der Waals surface area contributed by atoms with Gasteiger partial charge in [-0.25, -0.2) is 4.79 Å². The van der Waals surface area contributed by atoms with Crippen molar-refractivity contribution in [1.29, 1.82) is 0 Å². The number of carboxylic acid groups (broad SMARTS) is 1. The Hall–Kier alpha value is -2.28. The van der Waals surface area contributed by atoms with E-state index in [0.29, 0.717) is 5.75 Å². The third kappa shape index (κ3) is 3.36. The molecule has 0 aliphatic carbocycles. The summed E-state index contributed by atoms with van der Waals surface area (Å²) >= 11 is 0. The molecule has 1 aromatic carbocycles. The number of hydrogen-bond acceptors (Lipinski definition) is 5. The molecule has 0 radical (unpaired) electrons. The summed E-state index contributed by atoms with van der Waals surface area (Å²) < 4.78 is 4.89. The predicted molar refractivity (Wildman–Crippen MR) is 60.6 cm³/mol. The van der Waals surface area contributed by atoms with Crippen LogP contribution >= 0.6 is 0 Å². The maximum atomic E-state index is 11.6. The summed E-state index contributed by atoms with van der Waals surface area (Å²) in [4.78, 5) is 22.0. The molecule has 18 heavy (non-hydrogen) atoms. The molecule has 1 amide bonds. The number of aliphatic hydroxyl groups excluding tert-OH is 1. The van der Waals surface area contributed by atoms with Crippen LogP contribution in [0.4, 0.5) is 0 Å². The van der Waals surface area contributed by atoms with Gasteiger partial charge in [0, 0.05) is 0 Å². The van der Waals surface area contributed by atoms with Gasteiger partial charge in [-0.2, -0.15) is 0 Å². The van der Waals surface area contributed by atoms with Gasteiger partial charge in [0.05, 0.1) is 19.2 Å². The Bertz CT molecular complexity index is 459. The molecule has 1 rings (SSSR count). The number of aliphatic carboxylic acids is 1. The predicted octanol–water partition coefficient (Wildman–Crippen LogP) is -0.424. The van der Waals surface area contributed by atoms with Crippen LogP contribution in [-0.2, 0) is 4.79 Å². The number of carbonyl (C=O) groups excluding carboxylic acids is 1. The number of methoxy groups -OCH3 is 1. The number of phenols is 1.